The van der Waals surface area contributed by atoms with Crippen molar-refractivity contribution in [1.29, 1.82) is 0 Å². The Morgan fingerprint density at radius 2 is 1.88 bits per heavy atom. The zero-order chi connectivity index (χ0) is 11.5. The average Bonchev–Trinajstić information content (AvgIpc) is 2.64. The van der Waals surface area contributed by atoms with E-state index < -0.39 is 0 Å². The maximum atomic E-state index is 4.97. The van der Waals surface area contributed by atoms with Gasteiger partial charge in [-0.1, -0.05) is 34.5 Å². The molecule has 0 bridgehead atoms. The molecule has 0 aliphatic heterocycles. The van der Waals surface area contributed by atoms with Crippen LogP contribution in [0.25, 0.3) is 0 Å². The van der Waals surface area contributed by atoms with Crippen LogP contribution in [0.1, 0.15) is 22.5 Å². The molecular weight excluding hydrogens is 202 g/mol. The minimum atomic E-state index is 0.458. The molecule has 84 valence electrons. The van der Waals surface area contributed by atoms with Gasteiger partial charge in [0.2, 0.25) is 0 Å². The SMILES string of the molecule is CNc1nc(Cc2cc(C)cc(C)c2)no1. The topological polar surface area (TPSA) is 51.0 Å². The van der Waals surface area contributed by atoms with Crippen LogP contribution in [-0.4, -0.2) is 17.2 Å². The molecule has 2 rings (SSSR count). The highest BCUT2D eigenvalue weighted by molar-refractivity contribution is 5.30. The number of aryl methyl sites for hydroxylation is 2. The Bertz CT molecular complexity index is 471. The van der Waals surface area contributed by atoms with Crippen LogP contribution in [0.3, 0.4) is 0 Å². The number of rotatable bonds is 3. The summed E-state index contributed by atoms with van der Waals surface area (Å²) in [4.78, 5) is 4.19. The molecule has 0 aliphatic rings. The first-order chi connectivity index (χ1) is 7.67. The summed E-state index contributed by atoms with van der Waals surface area (Å²) in [5.74, 6) is 0.703. The van der Waals surface area contributed by atoms with Crippen molar-refractivity contribution in [2.45, 2.75) is 20.3 Å². The molecule has 1 aromatic carbocycles. The molecule has 2 aromatic rings. The highest BCUT2D eigenvalue weighted by atomic mass is 16.5. The van der Waals surface area contributed by atoms with Crippen molar-refractivity contribution in [2.24, 2.45) is 0 Å². The molecular formula is C12H15N3O. The van der Waals surface area contributed by atoms with E-state index in [-0.39, 0.29) is 0 Å². The van der Waals surface area contributed by atoms with E-state index in [1.54, 1.807) is 7.05 Å². The van der Waals surface area contributed by atoms with Gasteiger partial charge in [0.1, 0.15) is 0 Å². The molecule has 0 saturated heterocycles. The van der Waals surface area contributed by atoms with E-state index in [2.05, 4.69) is 47.5 Å². The summed E-state index contributed by atoms with van der Waals surface area (Å²) in [6.45, 7) is 4.18. The van der Waals surface area contributed by atoms with Crippen LogP contribution < -0.4 is 5.32 Å². The molecule has 0 atom stereocenters. The van der Waals surface area contributed by atoms with Crippen LogP contribution in [-0.2, 0) is 6.42 Å². The van der Waals surface area contributed by atoms with Crippen molar-refractivity contribution in [3.05, 3.63) is 40.7 Å². The summed E-state index contributed by atoms with van der Waals surface area (Å²) >= 11 is 0. The molecule has 0 spiro atoms. The van der Waals surface area contributed by atoms with Crippen molar-refractivity contribution >= 4 is 6.01 Å². The smallest absolute Gasteiger partial charge is 0.321 e. The van der Waals surface area contributed by atoms with E-state index in [0.29, 0.717) is 18.3 Å². The lowest BCUT2D eigenvalue weighted by molar-refractivity contribution is 0.425. The van der Waals surface area contributed by atoms with Gasteiger partial charge < -0.3 is 9.84 Å². The fourth-order valence-corrected chi connectivity index (χ4v) is 1.78. The third-order valence-corrected chi connectivity index (χ3v) is 2.33. The van der Waals surface area contributed by atoms with Crippen molar-refractivity contribution in [3.63, 3.8) is 0 Å². The number of aromatic nitrogens is 2. The summed E-state index contributed by atoms with van der Waals surface area (Å²) in [6, 6.07) is 6.89. The fraction of sp³-hybridized carbons (Fsp3) is 0.333. The van der Waals surface area contributed by atoms with Gasteiger partial charge in [-0.25, -0.2) is 0 Å². The summed E-state index contributed by atoms with van der Waals surface area (Å²) < 4.78 is 4.97. The first-order valence-corrected chi connectivity index (χ1v) is 5.25. The van der Waals surface area contributed by atoms with Crippen molar-refractivity contribution < 1.29 is 4.52 Å². The summed E-state index contributed by atoms with van der Waals surface area (Å²) in [5, 5.41) is 6.71. The lowest BCUT2D eigenvalue weighted by atomic mass is 10.1. The number of nitrogens with one attached hydrogen (secondary N) is 1. The first-order valence-electron chi connectivity index (χ1n) is 5.25. The second-order valence-electron chi connectivity index (χ2n) is 3.94. The molecule has 0 radical (unpaired) electrons. The maximum absolute atomic E-state index is 4.97. The quantitative estimate of drug-likeness (QED) is 0.857. The highest BCUT2D eigenvalue weighted by Crippen LogP contribution is 2.13. The van der Waals surface area contributed by atoms with Crippen molar-refractivity contribution in [1.82, 2.24) is 10.1 Å². The van der Waals surface area contributed by atoms with Crippen molar-refractivity contribution in [3.8, 4) is 0 Å². The van der Waals surface area contributed by atoms with Gasteiger partial charge in [-0.05, 0) is 19.4 Å². The third-order valence-electron chi connectivity index (χ3n) is 2.33. The Kier molecular flexibility index (Phi) is 2.90. The van der Waals surface area contributed by atoms with E-state index in [4.69, 9.17) is 4.52 Å². The molecule has 16 heavy (non-hydrogen) atoms. The van der Waals surface area contributed by atoms with Crippen LogP contribution >= 0.6 is 0 Å². The van der Waals surface area contributed by atoms with Gasteiger partial charge in [-0.3, -0.25) is 0 Å². The van der Waals surface area contributed by atoms with Crippen LogP contribution in [0.2, 0.25) is 0 Å². The Morgan fingerprint density at radius 3 is 2.44 bits per heavy atom. The number of hydrogen-bond donors (Lipinski definition) is 1. The highest BCUT2D eigenvalue weighted by Gasteiger charge is 2.05. The minimum absolute atomic E-state index is 0.458. The van der Waals surface area contributed by atoms with Gasteiger partial charge in [0.15, 0.2) is 5.82 Å². The minimum Gasteiger partial charge on any atom is -0.341 e. The predicted octanol–water partition coefficient (Wildman–Crippen LogP) is 2.32. The summed E-state index contributed by atoms with van der Waals surface area (Å²) in [6.07, 6.45) is 0.702. The number of hydrogen-bond acceptors (Lipinski definition) is 4. The van der Waals surface area contributed by atoms with Crippen LogP contribution in [0, 0.1) is 13.8 Å². The molecule has 0 saturated carbocycles. The largest absolute Gasteiger partial charge is 0.341 e. The molecule has 1 N–H and O–H groups in total. The van der Waals surface area contributed by atoms with E-state index in [1.807, 2.05) is 0 Å². The van der Waals surface area contributed by atoms with Crippen molar-refractivity contribution in [2.75, 3.05) is 12.4 Å². The molecule has 1 heterocycles. The fourth-order valence-electron chi connectivity index (χ4n) is 1.78. The standard InChI is InChI=1S/C12H15N3O/c1-8-4-9(2)6-10(5-8)7-11-14-12(13-3)16-15-11/h4-6H,7H2,1-3H3,(H,13,14,15). The van der Waals surface area contributed by atoms with Gasteiger partial charge in [0, 0.05) is 13.5 Å². The number of anilines is 1. The lowest BCUT2D eigenvalue weighted by Crippen LogP contribution is -1.93. The normalized spacial score (nSPS) is 10.4. The van der Waals surface area contributed by atoms with E-state index in [1.165, 1.54) is 16.7 Å². The molecule has 0 fully saturated rings. The number of benzene rings is 1. The van der Waals surface area contributed by atoms with E-state index >= 15 is 0 Å². The van der Waals surface area contributed by atoms with Gasteiger partial charge in [-0.15, -0.1) is 0 Å². The van der Waals surface area contributed by atoms with Gasteiger partial charge in [0.25, 0.3) is 0 Å². The second-order valence-corrected chi connectivity index (χ2v) is 3.94. The molecule has 0 aliphatic carbocycles. The maximum Gasteiger partial charge on any atom is 0.321 e. The molecule has 4 nitrogen and oxygen atoms in total. The average molecular weight is 217 g/mol. The van der Waals surface area contributed by atoms with Gasteiger partial charge in [0.05, 0.1) is 0 Å². The zero-order valence-corrected chi connectivity index (χ0v) is 9.74. The van der Waals surface area contributed by atoms with Crippen LogP contribution in [0.5, 0.6) is 0 Å². The van der Waals surface area contributed by atoms with E-state index in [9.17, 15) is 0 Å². The van der Waals surface area contributed by atoms with Gasteiger partial charge in [-0.2, -0.15) is 4.98 Å². The molecule has 4 heteroatoms. The second kappa shape index (κ2) is 4.35. The summed E-state index contributed by atoms with van der Waals surface area (Å²) in [5.41, 5.74) is 3.72. The molecule has 1 aromatic heterocycles. The Labute approximate surface area is 94.7 Å². The first kappa shape index (κ1) is 10.7. The monoisotopic (exact) mass is 217 g/mol. The third kappa shape index (κ3) is 2.39. The Hall–Kier alpha value is -1.84. The zero-order valence-electron chi connectivity index (χ0n) is 9.74. The predicted molar refractivity (Wildman–Crippen MR) is 62.6 cm³/mol. The van der Waals surface area contributed by atoms with Crippen LogP contribution in [0.4, 0.5) is 6.01 Å². The molecule has 0 amide bonds. The molecule has 0 unspecified atom stereocenters. The Morgan fingerprint density at radius 1 is 1.19 bits per heavy atom. The van der Waals surface area contributed by atoms with Crippen LogP contribution in [0.15, 0.2) is 22.7 Å². The van der Waals surface area contributed by atoms with Gasteiger partial charge >= 0.3 is 6.01 Å². The lowest BCUT2D eigenvalue weighted by Gasteiger charge is -2.01. The number of nitrogens with zero attached hydrogens (tertiary/aromatic N) is 2. The Balaban J connectivity index is 2.19. The summed E-state index contributed by atoms with van der Waals surface area (Å²) in [7, 11) is 1.76. The van der Waals surface area contributed by atoms with E-state index in [0.717, 1.165) is 0 Å².